The number of amides is 3. The average Bonchev–Trinajstić information content (AvgIpc) is 2.72. The third kappa shape index (κ3) is 5.94. The van der Waals surface area contributed by atoms with E-state index < -0.39 is 6.03 Å². The molecule has 8 nitrogen and oxygen atoms in total. The monoisotopic (exact) mass is 455 g/mol. The quantitative estimate of drug-likeness (QED) is 0.418. The second-order valence-electron chi connectivity index (χ2n) is 5.80. The molecule has 0 fully saturated rings. The third-order valence-electron chi connectivity index (χ3n) is 3.66. The molecule has 0 bridgehead atoms. The maximum atomic E-state index is 12.0. The lowest BCUT2D eigenvalue weighted by atomic mass is 10.3. The van der Waals surface area contributed by atoms with Crippen LogP contribution in [0.25, 0.3) is 0 Å². The molecular formula is C20H18BrN5O3. The van der Waals surface area contributed by atoms with Gasteiger partial charge in [-0.2, -0.15) is 0 Å². The molecule has 9 heteroatoms. The van der Waals surface area contributed by atoms with Gasteiger partial charge in [-0.15, -0.1) is 0 Å². The van der Waals surface area contributed by atoms with E-state index >= 15 is 0 Å². The van der Waals surface area contributed by atoms with Gasteiger partial charge in [0.05, 0.1) is 5.69 Å². The molecule has 0 aliphatic rings. The van der Waals surface area contributed by atoms with Crippen LogP contribution < -0.4 is 26.2 Å². The highest BCUT2D eigenvalue weighted by atomic mass is 79.9. The fourth-order valence-corrected chi connectivity index (χ4v) is 2.76. The summed E-state index contributed by atoms with van der Waals surface area (Å²) in [5, 5.41) is 5.22. The van der Waals surface area contributed by atoms with Crippen molar-refractivity contribution in [3.05, 3.63) is 77.0 Å². The van der Waals surface area contributed by atoms with Crippen molar-refractivity contribution in [2.24, 2.45) is 0 Å². The number of carbonyl (C=O) groups excluding carboxylic acids is 2. The molecule has 0 atom stereocenters. The van der Waals surface area contributed by atoms with Crippen LogP contribution in [0, 0.1) is 0 Å². The summed E-state index contributed by atoms with van der Waals surface area (Å²) in [7, 11) is 1.53. The molecule has 0 unspecified atom stereocenters. The molecule has 1 aromatic heterocycles. The lowest BCUT2D eigenvalue weighted by molar-refractivity contribution is 0.0958. The molecule has 0 aliphatic heterocycles. The zero-order chi connectivity index (χ0) is 20.6. The van der Waals surface area contributed by atoms with Crippen LogP contribution in [-0.2, 0) is 0 Å². The van der Waals surface area contributed by atoms with Gasteiger partial charge in [0.1, 0.15) is 17.2 Å². The summed E-state index contributed by atoms with van der Waals surface area (Å²) in [6.45, 7) is 0. The first-order chi connectivity index (χ1) is 14.0. The number of hydrogen-bond donors (Lipinski definition) is 4. The van der Waals surface area contributed by atoms with E-state index in [1.54, 1.807) is 48.5 Å². The van der Waals surface area contributed by atoms with E-state index in [1.165, 1.54) is 13.2 Å². The smallest absolute Gasteiger partial charge is 0.337 e. The fourth-order valence-electron chi connectivity index (χ4n) is 2.36. The van der Waals surface area contributed by atoms with Crippen molar-refractivity contribution in [1.29, 1.82) is 0 Å². The summed E-state index contributed by atoms with van der Waals surface area (Å²) in [6, 6.07) is 17.0. The van der Waals surface area contributed by atoms with Crippen molar-refractivity contribution in [2.75, 3.05) is 17.8 Å². The first kappa shape index (κ1) is 20.2. The van der Waals surface area contributed by atoms with E-state index in [9.17, 15) is 9.59 Å². The Kier molecular flexibility index (Phi) is 6.64. The summed E-state index contributed by atoms with van der Waals surface area (Å²) in [6.07, 6.45) is 1.50. The summed E-state index contributed by atoms with van der Waals surface area (Å²) < 4.78 is 6.64. The van der Waals surface area contributed by atoms with Gasteiger partial charge in [0, 0.05) is 35.5 Å². The first-order valence-corrected chi connectivity index (χ1v) is 9.37. The van der Waals surface area contributed by atoms with Crippen LogP contribution in [0.5, 0.6) is 11.5 Å². The lowest BCUT2D eigenvalue weighted by Gasteiger charge is -2.12. The lowest BCUT2D eigenvalue weighted by Crippen LogP contribution is -2.33. The van der Waals surface area contributed by atoms with Crippen LogP contribution in [0.15, 0.2) is 71.3 Å². The second kappa shape index (κ2) is 9.56. The Morgan fingerprint density at radius 2 is 1.72 bits per heavy atom. The SMILES string of the molecule is CNC(=O)c1cc(Oc2cccc(NNC(=O)Nc3cccc(Br)c3)c2)ccn1. The van der Waals surface area contributed by atoms with Crippen LogP contribution in [-0.4, -0.2) is 24.0 Å². The van der Waals surface area contributed by atoms with E-state index in [0.717, 1.165) is 4.47 Å². The first-order valence-electron chi connectivity index (χ1n) is 8.58. The van der Waals surface area contributed by atoms with Gasteiger partial charge in [-0.05, 0) is 36.4 Å². The Balaban J connectivity index is 1.59. The highest BCUT2D eigenvalue weighted by Gasteiger charge is 2.07. The number of aromatic nitrogens is 1. The van der Waals surface area contributed by atoms with Crippen molar-refractivity contribution < 1.29 is 14.3 Å². The summed E-state index contributed by atoms with van der Waals surface area (Å²) in [5.41, 5.74) is 6.90. The number of pyridine rings is 1. The van der Waals surface area contributed by atoms with Gasteiger partial charge >= 0.3 is 6.03 Å². The Labute approximate surface area is 175 Å². The number of urea groups is 1. The van der Waals surface area contributed by atoms with E-state index in [2.05, 4.69) is 42.4 Å². The topological polar surface area (TPSA) is 104 Å². The average molecular weight is 456 g/mol. The minimum atomic E-state index is -0.418. The van der Waals surface area contributed by atoms with E-state index in [0.29, 0.717) is 22.9 Å². The number of halogens is 1. The number of ether oxygens (including phenoxy) is 1. The predicted molar refractivity (Wildman–Crippen MR) is 114 cm³/mol. The summed E-state index contributed by atoms with van der Waals surface area (Å²) in [5.74, 6) is 0.695. The Morgan fingerprint density at radius 1 is 0.966 bits per heavy atom. The summed E-state index contributed by atoms with van der Waals surface area (Å²) >= 11 is 3.35. The van der Waals surface area contributed by atoms with Crippen LogP contribution in [0.3, 0.4) is 0 Å². The molecule has 0 radical (unpaired) electrons. The number of hydrazine groups is 1. The van der Waals surface area contributed by atoms with Crippen molar-refractivity contribution in [3.63, 3.8) is 0 Å². The molecule has 2 aromatic carbocycles. The molecule has 3 rings (SSSR count). The number of anilines is 2. The largest absolute Gasteiger partial charge is 0.457 e. The number of rotatable bonds is 6. The molecule has 0 aliphatic carbocycles. The van der Waals surface area contributed by atoms with Crippen LogP contribution in [0.4, 0.5) is 16.2 Å². The normalized spacial score (nSPS) is 10.0. The molecule has 0 saturated heterocycles. The summed E-state index contributed by atoms with van der Waals surface area (Å²) in [4.78, 5) is 27.7. The fraction of sp³-hybridized carbons (Fsp3) is 0.0500. The maximum Gasteiger partial charge on any atom is 0.337 e. The highest BCUT2D eigenvalue weighted by molar-refractivity contribution is 9.10. The van der Waals surface area contributed by atoms with Gasteiger partial charge in [-0.25, -0.2) is 4.79 Å². The number of hydrogen-bond acceptors (Lipinski definition) is 5. The Morgan fingerprint density at radius 3 is 2.52 bits per heavy atom. The Bertz CT molecular complexity index is 1030. The molecular weight excluding hydrogens is 438 g/mol. The number of nitrogens with one attached hydrogen (secondary N) is 4. The second-order valence-corrected chi connectivity index (χ2v) is 6.72. The number of carbonyl (C=O) groups is 2. The molecule has 1 heterocycles. The number of nitrogens with zero attached hydrogens (tertiary/aromatic N) is 1. The van der Waals surface area contributed by atoms with Gasteiger partial charge in [0.2, 0.25) is 0 Å². The van der Waals surface area contributed by atoms with Crippen molar-refractivity contribution in [3.8, 4) is 11.5 Å². The zero-order valence-electron chi connectivity index (χ0n) is 15.4. The minimum Gasteiger partial charge on any atom is -0.457 e. The van der Waals surface area contributed by atoms with Gasteiger partial charge in [-0.1, -0.05) is 28.1 Å². The molecule has 0 spiro atoms. The van der Waals surface area contributed by atoms with Crippen LogP contribution in [0.2, 0.25) is 0 Å². The Hall–Kier alpha value is -3.59. The zero-order valence-corrected chi connectivity index (χ0v) is 17.0. The van der Waals surface area contributed by atoms with E-state index in [1.807, 2.05) is 12.1 Å². The van der Waals surface area contributed by atoms with Gasteiger partial charge in [0.15, 0.2) is 0 Å². The van der Waals surface area contributed by atoms with Gasteiger partial charge in [0.25, 0.3) is 5.91 Å². The van der Waals surface area contributed by atoms with E-state index in [4.69, 9.17) is 4.74 Å². The highest BCUT2D eigenvalue weighted by Crippen LogP contribution is 2.24. The maximum absolute atomic E-state index is 12.0. The van der Waals surface area contributed by atoms with Crippen LogP contribution >= 0.6 is 15.9 Å². The van der Waals surface area contributed by atoms with Crippen molar-refractivity contribution >= 4 is 39.2 Å². The minimum absolute atomic E-state index is 0.255. The van der Waals surface area contributed by atoms with Gasteiger partial charge in [-0.3, -0.25) is 20.6 Å². The van der Waals surface area contributed by atoms with Crippen molar-refractivity contribution in [2.45, 2.75) is 0 Å². The molecule has 4 N–H and O–H groups in total. The molecule has 148 valence electrons. The third-order valence-corrected chi connectivity index (χ3v) is 4.16. The number of benzene rings is 2. The molecule has 0 saturated carbocycles. The predicted octanol–water partition coefficient (Wildman–Crippen LogP) is 4.14. The van der Waals surface area contributed by atoms with E-state index in [-0.39, 0.29) is 11.6 Å². The van der Waals surface area contributed by atoms with Crippen molar-refractivity contribution in [1.82, 2.24) is 15.7 Å². The van der Waals surface area contributed by atoms with Crippen LogP contribution in [0.1, 0.15) is 10.5 Å². The molecule has 3 amide bonds. The van der Waals surface area contributed by atoms with Gasteiger partial charge < -0.3 is 15.4 Å². The standard InChI is InChI=1S/C20H18BrN5O3/c1-22-19(27)18-12-17(8-9-23-18)29-16-7-3-6-15(11-16)25-26-20(28)24-14-5-2-4-13(21)10-14/h2-12,25H,1H3,(H,22,27)(H2,24,26,28). The molecule has 29 heavy (non-hydrogen) atoms. The molecule has 3 aromatic rings.